The van der Waals surface area contributed by atoms with Crippen LogP contribution in [0.2, 0.25) is 0 Å². The van der Waals surface area contributed by atoms with Gasteiger partial charge in [0.05, 0.1) is 6.61 Å². The maximum absolute atomic E-state index is 13.5. The maximum Gasteiger partial charge on any atom is 0.223 e. The molecule has 0 bridgehead atoms. The average molecular weight is 290 g/mol. The fraction of sp³-hybridized carbons (Fsp3) is 0.312. The highest BCUT2D eigenvalue weighted by atomic mass is 19.1. The fourth-order valence-corrected chi connectivity index (χ4v) is 1.80. The Morgan fingerprint density at radius 3 is 2.90 bits per heavy atom. The summed E-state index contributed by atoms with van der Waals surface area (Å²) in [6.07, 6.45) is 1.65. The molecular weight excluding hydrogens is 271 g/mol. The van der Waals surface area contributed by atoms with Crippen LogP contribution in [-0.2, 0) is 11.3 Å². The first kappa shape index (κ1) is 15.4. The number of rotatable bonds is 7. The molecule has 5 heteroatoms. The molecule has 0 amide bonds. The van der Waals surface area contributed by atoms with E-state index in [2.05, 4.69) is 10.3 Å². The van der Waals surface area contributed by atoms with Gasteiger partial charge in [-0.3, -0.25) is 0 Å². The molecule has 0 saturated carbocycles. The largest absolute Gasteiger partial charge is 0.439 e. The number of nitrogens with zero attached hydrogens (tertiary/aromatic N) is 1. The summed E-state index contributed by atoms with van der Waals surface area (Å²) in [5.41, 5.74) is 1.50. The van der Waals surface area contributed by atoms with E-state index in [1.54, 1.807) is 32.4 Å². The molecule has 1 aromatic carbocycles. The Labute approximate surface area is 123 Å². The van der Waals surface area contributed by atoms with Crippen molar-refractivity contribution in [2.75, 3.05) is 20.3 Å². The number of aryl methyl sites for hydroxylation is 1. The van der Waals surface area contributed by atoms with E-state index in [1.165, 1.54) is 6.07 Å². The highest BCUT2D eigenvalue weighted by molar-refractivity contribution is 5.34. The summed E-state index contributed by atoms with van der Waals surface area (Å²) >= 11 is 0. The lowest BCUT2D eigenvalue weighted by molar-refractivity contribution is 0.199. The minimum absolute atomic E-state index is 0.289. The van der Waals surface area contributed by atoms with Crippen LogP contribution in [0.4, 0.5) is 4.39 Å². The van der Waals surface area contributed by atoms with Crippen molar-refractivity contribution in [3.8, 4) is 11.6 Å². The van der Waals surface area contributed by atoms with E-state index in [0.717, 1.165) is 12.1 Å². The number of aromatic nitrogens is 1. The number of halogens is 1. The summed E-state index contributed by atoms with van der Waals surface area (Å²) in [5, 5.41) is 3.23. The highest BCUT2D eigenvalue weighted by Gasteiger charge is 2.07. The van der Waals surface area contributed by atoms with Crippen molar-refractivity contribution in [2.45, 2.75) is 13.5 Å². The van der Waals surface area contributed by atoms with Gasteiger partial charge in [0.15, 0.2) is 0 Å². The zero-order chi connectivity index (χ0) is 15.1. The molecule has 1 heterocycles. The summed E-state index contributed by atoms with van der Waals surface area (Å²) in [6.45, 7) is 3.70. The number of pyridine rings is 1. The third kappa shape index (κ3) is 4.51. The zero-order valence-electron chi connectivity index (χ0n) is 12.2. The van der Waals surface area contributed by atoms with Gasteiger partial charge in [0.1, 0.15) is 11.6 Å². The van der Waals surface area contributed by atoms with E-state index in [0.29, 0.717) is 30.3 Å². The SMILES string of the molecule is COCCNCc1cccnc1Oc1ccc(C)c(F)c1. The third-order valence-corrected chi connectivity index (χ3v) is 3.01. The molecule has 0 aliphatic heterocycles. The van der Waals surface area contributed by atoms with Crippen LogP contribution >= 0.6 is 0 Å². The van der Waals surface area contributed by atoms with Gasteiger partial charge >= 0.3 is 0 Å². The first-order valence-electron chi connectivity index (χ1n) is 6.78. The minimum atomic E-state index is -0.289. The van der Waals surface area contributed by atoms with Crippen molar-refractivity contribution in [3.05, 3.63) is 53.5 Å². The standard InChI is InChI=1S/C16H19FN2O2/c1-12-5-6-14(10-15(12)17)21-16-13(4-3-7-19-16)11-18-8-9-20-2/h3-7,10,18H,8-9,11H2,1-2H3. The molecule has 0 radical (unpaired) electrons. The summed E-state index contributed by atoms with van der Waals surface area (Å²) in [4.78, 5) is 4.21. The summed E-state index contributed by atoms with van der Waals surface area (Å²) in [6, 6.07) is 8.55. The summed E-state index contributed by atoms with van der Waals surface area (Å²) in [5.74, 6) is 0.629. The Balaban J connectivity index is 2.06. The second kappa shape index (κ2) is 7.71. The highest BCUT2D eigenvalue weighted by Crippen LogP contribution is 2.24. The van der Waals surface area contributed by atoms with Gasteiger partial charge in [-0.1, -0.05) is 12.1 Å². The van der Waals surface area contributed by atoms with Crippen molar-refractivity contribution in [1.29, 1.82) is 0 Å². The Kier molecular flexibility index (Phi) is 5.66. The quantitative estimate of drug-likeness (QED) is 0.796. The molecule has 0 saturated heterocycles. The molecular formula is C16H19FN2O2. The minimum Gasteiger partial charge on any atom is -0.439 e. The third-order valence-electron chi connectivity index (χ3n) is 3.01. The molecule has 1 aromatic heterocycles. The van der Waals surface area contributed by atoms with E-state index >= 15 is 0 Å². The molecule has 1 N–H and O–H groups in total. The van der Waals surface area contributed by atoms with Gasteiger partial charge in [-0.25, -0.2) is 9.37 Å². The van der Waals surface area contributed by atoms with Gasteiger partial charge in [0.25, 0.3) is 0 Å². The molecule has 112 valence electrons. The number of nitrogens with one attached hydrogen (secondary N) is 1. The first-order valence-corrected chi connectivity index (χ1v) is 6.78. The van der Waals surface area contributed by atoms with Crippen molar-refractivity contribution < 1.29 is 13.9 Å². The summed E-state index contributed by atoms with van der Waals surface area (Å²) < 4.78 is 24.2. The molecule has 0 unspecified atom stereocenters. The van der Waals surface area contributed by atoms with Gasteiger partial charge in [0, 0.05) is 38.0 Å². The van der Waals surface area contributed by atoms with Crippen molar-refractivity contribution in [3.63, 3.8) is 0 Å². The zero-order valence-corrected chi connectivity index (χ0v) is 12.2. The molecule has 2 rings (SSSR count). The van der Waals surface area contributed by atoms with Crippen LogP contribution in [0.5, 0.6) is 11.6 Å². The number of hydrogen-bond donors (Lipinski definition) is 1. The number of benzene rings is 1. The molecule has 4 nitrogen and oxygen atoms in total. The topological polar surface area (TPSA) is 43.4 Å². The molecule has 0 fully saturated rings. The first-order chi connectivity index (χ1) is 10.2. The predicted octanol–water partition coefficient (Wildman–Crippen LogP) is 3.06. The van der Waals surface area contributed by atoms with Crippen molar-refractivity contribution in [1.82, 2.24) is 10.3 Å². The van der Waals surface area contributed by atoms with Crippen LogP contribution in [0.1, 0.15) is 11.1 Å². The predicted molar refractivity (Wildman–Crippen MR) is 79.0 cm³/mol. The Morgan fingerprint density at radius 1 is 1.29 bits per heavy atom. The van der Waals surface area contributed by atoms with Crippen LogP contribution in [-0.4, -0.2) is 25.2 Å². The second-order valence-electron chi connectivity index (χ2n) is 4.65. The van der Waals surface area contributed by atoms with E-state index in [4.69, 9.17) is 9.47 Å². The van der Waals surface area contributed by atoms with Gasteiger partial charge < -0.3 is 14.8 Å². The lowest BCUT2D eigenvalue weighted by Gasteiger charge is -2.11. The van der Waals surface area contributed by atoms with Crippen LogP contribution in [0.3, 0.4) is 0 Å². The number of ether oxygens (including phenoxy) is 2. The smallest absolute Gasteiger partial charge is 0.223 e. The van der Waals surface area contributed by atoms with E-state index in [1.807, 2.05) is 12.1 Å². The lowest BCUT2D eigenvalue weighted by Crippen LogP contribution is -2.19. The lowest BCUT2D eigenvalue weighted by atomic mass is 10.2. The van der Waals surface area contributed by atoms with Gasteiger partial charge in [0.2, 0.25) is 5.88 Å². The van der Waals surface area contributed by atoms with Crippen LogP contribution in [0, 0.1) is 12.7 Å². The van der Waals surface area contributed by atoms with Gasteiger partial charge in [-0.2, -0.15) is 0 Å². The second-order valence-corrected chi connectivity index (χ2v) is 4.65. The monoisotopic (exact) mass is 290 g/mol. The van der Waals surface area contributed by atoms with Crippen molar-refractivity contribution >= 4 is 0 Å². The molecule has 2 aromatic rings. The van der Waals surface area contributed by atoms with Crippen LogP contribution in [0.15, 0.2) is 36.5 Å². The average Bonchev–Trinajstić information content (AvgIpc) is 2.49. The number of hydrogen-bond acceptors (Lipinski definition) is 4. The molecule has 0 aliphatic carbocycles. The number of methoxy groups -OCH3 is 1. The normalized spacial score (nSPS) is 10.6. The molecule has 0 atom stereocenters. The molecule has 0 aliphatic rings. The fourth-order valence-electron chi connectivity index (χ4n) is 1.80. The van der Waals surface area contributed by atoms with Gasteiger partial charge in [-0.15, -0.1) is 0 Å². The van der Waals surface area contributed by atoms with Crippen molar-refractivity contribution in [2.24, 2.45) is 0 Å². The summed E-state index contributed by atoms with van der Waals surface area (Å²) in [7, 11) is 1.66. The van der Waals surface area contributed by atoms with Crippen LogP contribution < -0.4 is 10.1 Å². The molecule has 21 heavy (non-hydrogen) atoms. The van der Waals surface area contributed by atoms with E-state index in [-0.39, 0.29) is 5.82 Å². The van der Waals surface area contributed by atoms with Gasteiger partial charge in [-0.05, 0) is 24.6 Å². The Hall–Kier alpha value is -1.98. The molecule has 0 spiro atoms. The van der Waals surface area contributed by atoms with E-state index < -0.39 is 0 Å². The van der Waals surface area contributed by atoms with Crippen LogP contribution in [0.25, 0.3) is 0 Å². The Bertz CT molecular complexity index is 590. The maximum atomic E-state index is 13.5. The Morgan fingerprint density at radius 2 is 2.14 bits per heavy atom. The van der Waals surface area contributed by atoms with E-state index in [9.17, 15) is 4.39 Å².